The monoisotopic (exact) mass is 392 g/mol. The van der Waals surface area contributed by atoms with Crippen LogP contribution in [-0.4, -0.2) is 44.3 Å². The molecule has 1 aliphatic heterocycles. The topological polar surface area (TPSA) is 24.5 Å². The number of ether oxygens (including phenoxy) is 1. The lowest BCUT2D eigenvalue weighted by molar-refractivity contribution is 0.00765. The highest BCUT2D eigenvalue weighted by Gasteiger charge is 2.26. The summed E-state index contributed by atoms with van der Waals surface area (Å²) in [6, 6.07) is 16.5. The zero-order valence-electron chi connectivity index (χ0n) is 15.1. The Bertz CT molecular complexity index is 690. The molecule has 1 aliphatic rings. The third-order valence-electron chi connectivity index (χ3n) is 4.89. The molecule has 0 bridgehead atoms. The van der Waals surface area contributed by atoms with E-state index in [2.05, 4.69) is 53.7 Å². The number of rotatable bonds is 7. The van der Waals surface area contributed by atoms with E-state index in [1.807, 2.05) is 12.1 Å². The molecular formula is C21H26Cl2N2O. The van der Waals surface area contributed by atoms with E-state index < -0.39 is 0 Å². The summed E-state index contributed by atoms with van der Waals surface area (Å²) < 4.78 is 6.06. The maximum atomic E-state index is 6.27. The summed E-state index contributed by atoms with van der Waals surface area (Å²) in [6.07, 6.45) is 1.17. The van der Waals surface area contributed by atoms with Gasteiger partial charge >= 0.3 is 0 Å². The van der Waals surface area contributed by atoms with Crippen molar-refractivity contribution in [3.8, 4) is 0 Å². The fourth-order valence-corrected chi connectivity index (χ4v) is 3.79. The molecule has 0 radical (unpaired) electrons. The van der Waals surface area contributed by atoms with Gasteiger partial charge in [0.2, 0.25) is 0 Å². The van der Waals surface area contributed by atoms with Gasteiger partial charge in [0, 0.05) is 25.6 Å². The van der Waals surface area contributed by atoms with E-state index in [0.717, 1.165) is 39.2 Å². The van der Waals surface area contributed by atoms with E-state index in [1.54, 1.807) is 0 Å². The summed E-state index contributed by atoms with van der Waals surface area (Å²) in [5.41, 5.74) is 2.53. The molecule has 2 aromatic carbocycles. The Morgan fingerprint density at radius 3 is 2.65 bits per heavy atom. The Morgan fingerprint density at radius 1 is 1.15 bits per heavy atom. The van der Waals surface area contributed by atoms with E-state index in [9.17, 15) is 0 Å². The van der Waals surface area contributed by atoms with Gasteiger partial charge < -0.3 is 15.0 Å². The summed E-state index contributed by atoms with van der Waals surface area (Å²) >= 11 is 12.4. The predicted molar refractivity (Wildman–Crippen MR) is 109 cm³/mol. The summed E-state index contributed by atoms with van der Waals surface area (Å²) in [4.78, 5) is 2.36. The summed E-state index contributed by atoms with van der Waals surface area (Å²) in [7, 11) is 2.17. The SMILES string of the molecule is CN(CCC(c1ccc(Cl)c(Cl)c1)C1CNCCO1)Cc1ccccc1. The van der Waals surface area contributed by atoms with Crippen LogP contribution < -0.4 is 5.32 Å². The normalized spacial score (nSPS) is 18.8. The van der Waals surface area contributed by atoms with E-state index in [1.165, 1.54) is 11.1 Å². The lowest BCUT2D eigenvalue weighted by Crippen LogP contribution is -2.42. The van der Waals surface area contributed by atoms with Crippen LogP contribution in [0.3, 0.4) is 0 Å². The van der Waals surface area contributed by atoms with Crippen molar-refractivity contribution < 1.29 is 4.74 Å². The van der Waals surface area contributed by atoms with Crippen molar-refractivity contribution in [2.24, 2.45) is 0 Å². The highest BCUT2D eigenvalue weighted by atomic mass is 35.5. The minimum absolute atomic E-state index is 0.158. The minimum Gasteiger partial charge on any atom is -0.375 e. The Balaban J connectivity index is 1.67. The Kier molecular flexibility index (Phi) is 7.35. The minimum atomic E-state index is 0.158. The van der Waals surface area contributed by atoms with E-state index in [-0.39, 0.29) is 12.0 Å². The van der Waals surface area contributed by atoms with Crippen molar-refractivity contribution in [1.82, 2.24) is 10.2 Å². The molecule has 0 aromatic heterocycles. The van der Waals surface area contributed by atoms with Crippen LogP contribution in [0, 0.1) is 0 Å². The number of benzene rings is 2. The maximum absolute atomic E-state index is 6.27. The quantitative estimate of drug-likeness (QED) is 0.745. The van der Waals surface area contributed by atoms with Gasteiger partial charge in [-0.2, -0.15) is 0 Å². The van der Waals surface area contributed by atoms with Gasteiger partial charge in [-0.15, -0.1) is 0 Å². The third kappa shape index (κ3) is 5.45. The van der Waals surface area contributed by atoms with Crippen molar-refractivity contribution in [2.45, 2.75) is 25.0 Å². The lowest BCUT2D eigenvalue weighted by atomic mass is 9.89. The van der Waals surface area contributed by atoms with Crippen LogP contribution in [0.15, 0.2) is 48.5 Å². The number of nitrogens with zero attached hydrogens (tertiary/aromatic N) is 1. The average molecular weight is 393 g/mol. The lowest BCUT2D eigenvalue weighted by Gasteiger charge is -2.32. The Morgan fingerprint density at radius 2 is 1.96 bits per heavy atom. The van der Waals surface area contributed by atoms with Crippen LogP contribution >= 0.6 is 23.2 Å². The molecule has 1 heterocycles. The average Bonchev–Trinajstić information content (AvgIpc) is 2.66. The van der Waals surface area contributed by atoms with Gasteiger partial charge in [0.25, 0.3) is 0 Å². The molecule has 1 saturated heterocycles. The van der Waals surface area contributed by atoms with E-state index in [4.69, 9.17) is 27.9 Å². The van der Waals surface area contributed by atoms with Gasteiger partial charge in [-0.3, -0.25) is 0 Å². The van der Waals surface area contributed by atoms with E-state index >= 15 is 0 Å². The van der Waals surface area contributed by atoms with Crippen molar-refractivity contribution >= 4 is 23.2 Å². The van der Waals surface area contributed by atoms with Crippen LogP contribution in [0.25, 0.3) is 0 Å². The molecule has 0 saturated carbocycles. The second-order valence-corrected chi connectivity index (χ2v) is 7.72. The molecule has 140 valence electrons. The molecular weight excluding hydrogens is 367 g/mol. The molecule has 1 fully saturated rings. The molecule has 26 heavy (non-hydrogen) atoms. The smallest absolute Gasteiger partial charge is 0.0768 e. The van der Waals surface area contributed by atoms with Crippen molar-refractivity contribution in [3.05, 3.63) is 69.7 Å². The highest BCUT2D eigenvalue weighted by molar-refractivity contribution is 6.42. The molecule has 0 amide bonds. The highest BCUT2D eigenvalue weighted by Crippen LogP contribution is 2.32. The Hall–Kier alpha value is -1.10. The summed E-state index contributed by atoms with van der Waals surface area (Å²) in [6.45, 7) is 4.46. The van der Waals surface area contributed by atoms with Gasteiger partial charge in [-0.1, -0.05) is 59.6 Å². The van der Waals surface area contributed by atoms with Gasteiger partial charge in [0.05, 0.1) is 22.8 Å². The van der Waals surface area contributed by atoms with Crippen molar-refractivity contribution in [2.75, 3.05) is 33.3 Å². The van der Waals surface area contributed by atoms with Crippen LogP contribution in [0.1, 0.15) is 23.5 Å². The fraction of sp³-hybridized carbons (Fsp3) is 0.429. The fourth-order valence-electron chi connectivity index (χ4n) is 3.49. The number of nitrogens with one attached hydrogen (secondary N) is 1. The van der Waals surface area contributed by atoms with Gasteiger partial charge in [-0.25, -0.2) is 0 Å². The van der Waals surface area contributed by atoms with E-state index in [0.29, 0.717) is 10.0 Å². The first-order valence-corrected chi connectivity index (χ1v) is 9.89. The molecule has 2 atom stereocenters. The maximum Gasteiger partial charge on any atom is 0.0768 e. The number of hydrogen-bond donors (Lipinski definition) is 1. The summed E-state index contributed by atoms with van der Waals surface area (Å²) in [5, 5.41) is 4.64. The number of morpholine rings is 1. The largest absolute Gasteiger partial charge is 0.375 e. The first-order valence-electron chi connectivity index (χ1n) is 9.13. The molecule has 5 heteroatoms. The summed E-state index contributed by atoms with van der Waals surface area (Å²) in [5.74, 6) is 0.288. The second kappa shape index (κ2) is 9.72. The molecule has 2 unspecified atom stereocenters. The first kappa shape index (κ1) is 19.7. The van der Waals surface area contributed by atoms with Crippen LogP contribution in [0.2, 0.25) is 10.0 Å². The number of hydrogen-bond acceptors (Lipinski definition) is 3. The predicted octanol–water partition coefficient (Wildman–Crippen LogP) is 4.59. The zero-order chi connectivity index (χ0) is 18.4. The van der Waals surface area contributed by atoms with Gasteiger partial charge in [-0.05, 0) is 43.3 Å². The van der Waals surface area contributed by atoms with Gasteiger partial charge in [0.1, 0.15) is 0 Å². The molecule has 2 aromatic rings. The first-order chi connectivity index (χ1) is 12.6. The van der Waals surface area contributed by atoms with Crippen LogP contribution in [0.5, 0.6) is 0 Å². The third-order valence-corrected chi connectivity index (χ3v) is 5.63. The number of halogens is 2. The molecule has 0 spiro atoms. The standard InChI is InChI=1S/C21H26Cl2N2O/c1-25(15-16-5-3-2-4-6-16)11-9-18(21-14-24-10-12-26-21)17-7-8-19(22)20(23)13-17/h2-8,13,18,21,24H,9-12,14-15H2,1H3. The molecule has 3 nitrogen and oxygen atoms in total. The second-order valence-electron chi connectivity index (χ2n) is 6.91. The van der Waals surface area contributed by atoms with Crippen LogP contribution in [0.4, 0.5) is 0 Å². The van der Waals surface area contributed by atoms with Crippen molar-refractivity contribution in [3.63, 3.8) is 0 Å². The molecule has 1 N–H and O–H groups in total. The van der Waals surface area contributed by atoms with Crippen molar-refractivity contribution in [1.29, 1.82) is 0 Å². The van der Waals surface area contributed by atoms with Gasteiger partial charge in [0.15, 0.2) is 0 Å². The molecule has 0 aliphatic carbocycles. The molecule has 3 rings (SSSR count). The zero-order valence-corrected chi connectivity index (χ0v) is 16.6. The Labute approximate surface area is 166 Å². The van der Waals surface area contributed by atoms with Crippen LogP contribution in [-0.2, 0) is 11.3 Å².